The Morgan fingerprint density at radius 2 is 1.71 bits per heavy atom. The number of carbonyl (C=O) groups excluding carboxylic acids is 2. The zero-order valence-corrected chi connectivity index (χ0v) is 17.5. The number of rotatable bonds is 3. The topological polar surface area (TPSA) is 109 Å². The number of hydrogen-bond donors (Lipinski definition) is 3. The molecule has 0 spiro atoms. The minimum atomic E-state index is -0.542. The molecule has 4 rings (SSSR count). The summed E-state index contributed by atoms with van der Waals surface area (Å²) >= 11 is 5.35. The fourth-order valence-electron chi connectivity index (χ4n) is 3.28. The van der Waals surface area contributed by atoms with E-state index in [0.717, 1.165) is 0 Å². The van der Waals surface area contributed by atoms with Gasteiger partial charge in [-0.25, -0.2) is 0 Å². The van der Waals surface area contributed by atoms with Crippen molar-refractivity contribution in [3.8, 4) is 5.69 Å². The maximum absolute atomic E-state index is 12.9. The molecule has 156 valence electrons. The Morgan fingerprint density at radius 3 is 2.39 bits per heavy atom. The van der Waals surface area contributed by atoms with Crippen molar-refractivity contribution in [3.63, 3.8) is 0 Å². The van der Waals surface area contributed by atoms with Gasteiger partial charge in [0.2, 0.25) is 0 Å². The van der Waals surface area contributed by atoms with Crippen LogP contribution in [0.1, 0.15) is 32.2 Å². The van der Waals surface area contributed by atoms with Crippen LogP contribution in [0.25, 0.3) is 16.6 Å². The van der Waals surface area contributed by atoms with Crippen molar-refractivity contribution in [1.82, 2.24) is 20.4 Å². The van der Waals surface area contributed by atoms with E-state index in [4.69, 9.17) is 16.6 Å². The molecule has 0 bridgehead atoms. The molecule has 0 aliphatic heterocycles. The molecule has 3 N–H and O–H groups in total. The molecular weight excluding hydrogens is 416 g/mol. The number of aryl methyl sites for hydroxylation is 2. The number of amides is 2. The second-order valence-electron chi connectivity index (χ2n) is 6.90. The molecule has 31 heavy (non-hydrogen) atoms. The third-order valence-electron chi connectivity index (χ3n) is 4.75. The van der Waals surface area contributed by atoms with Crippen LogP contribution in [0.2, 0.25) is 0 Å². The van der Waals surface area contributed by atoms with Crippen molar-refractivity contribution in [3.05, 3.63) is 92.4 Å². The largest absolute Gasteiger partial charge is 0.466 e. The quantitative estimate of drug-likeness (QED) is 0.339. The number of benzene rings is 2. The number of para-hydroxylation sites is 1. The third-order valence-corrected chi connectivity index (χ3v) is 5.03. The van der Waals surface area contributed by atoms with Crippen molar-refractivity contribution in [2.75, 3.05) is 0 Å². The summed E-state index contributed by atoms with van der Waals surface area (Å²) in [5.41, 5.74) is 6.07. The molecule has 0 unspecified atom stereocenters. The van der Waals surface area contributed by atoms with Gasteiger partial charge in [-0.05, 0) is 62.5 Å². The lowest BCUT2D eigenvalue weighted by Crippen LogP contribution is -2.41. The van der Waals surface area contributed by atoms with Gasteiger partial charge in [0.05, 0.1) is 22.2 Å². The van der Waals surface area contributed by atoms with Crippen LogP contribution in [-0.4, -0.2) is 21.4 Å². The van der Waals surface area contributed by atoms with Crippen LogP contribution in [0.15, 0.2) is 63.8 Å². The van der Waals surface area contributed by atoms with Crippen molar-refractivity contribution >= 4 is 34.9 Å². The van der Waals surface area contributed by atoms with E-state index in [1.54, 1.807) is 38.1 Å². The zero-order chi connectivity index (χ0) is 22.1. The Hall–Kier alpha value is -3.98. The highest BCUT2D eigenvalue weighted by Crippen LogP contribution is 2.14. The van der Waals surface area contributed by atoms with Gasteiger partial charge in [0, 0.05) is 5.56 Å². The van der Waals surface area contributed by atoms with Crippen LogP contribution in [-0.2, 0) is 0 Å². The van der Waals surface area contributed by atoms with Crippen LogP contribution < -0.4 is 16.4 Å². The molecule has 0 fully saturated rings. The number of aromatic nitrogens is 2. The van der Waals surface area contributed by atoms with Crippen molar-refractivity contribution in [2.24, 2.45) is 0 Å². The summed E-state index contributed by atoms with van der Waals surface area (Å²) in [6, 6.07) is 15.2. The number of fused-ring (bicyclic) bond motifs is 1. The molecule has 0 aliphatic carbocycles. The Bertz CT molecular complexity index is 1430. The van der Waals surface area contributed by atoms with Crippen LogP contribution in [0.3, 0.4) is 0 Å². The first-order valence-corrected chi connectivity index (χ1v) is 9.78. The molecule has 0 atom stereocenters. The minimum absolute atomic E-state index is 0.209. The fourth-order valence-corrected chi connectivity index (χ4v) is 3.58. The molecule has 2 amide bonds. The molecule has 2 aromatic carbocycles. The van der Waals surface area contributed by atoms with Crippen LogP contribution in [0.4, 0.5) is 0 Å². The average Bonchev–Trinajstić information content (AvgIpc) is 3.10. The van der Waals surface area contributed by atoms with Gasteiger partial charge in [-0.1, -0.05) is 18.2 Å². The van der Waals surface area contributed by atoms with E-state index >= 15 is 0 Å². The summed E-state index contributed by atoms with van der Waals surface area (Å²) in [4.78, 5) is 40.7. The number of nitrogens with one attached hydrogen (secondary N) is 3. The lowest BCUT2D eigenvalue weighted by atomic mass is 10.1. The Morgan fingerprint density at radius 1 is 1.00 bits per heavy atom. The van der Waals surface area contributed by atoms with Gasteiger partial charge < -0.3 is 9.40 Å². The first-order chi connectivity index (χ1) is 14.8. The molecule has 0 saturated heterocycles. The zero-order valence-electron chi connectivity index (χ0n) is 16.7. The van der Waals surface area contributed by atoms with Crippen molar-refractivity contribution < 1.29 is 14.0 Å². The van der Waals surface area contributed by atoms with Crippen molar-refractivity contribution in [1.29, 1.82) is 0 Å². The summed E-state index contributed by atoms with van der Waals surface area (Å²) < 4.78 is 6.92. The average molecular weight is 434 g/mol. The number of carbonyl (C=O) groups is 2. The SMILES string of the molecule is Cc1cc(C(=O)NNC(=O)c2ccc3c(=O)n(-c4ccccc4)c(=S)[nH]c3c2)c(C)o1. The third kappa shape index (κ3) is 3.90. The second kappa shape index (κ2) is 8.04. The molecule has 0 aliphatic rings. The van der Waals surface area contributed by atoms with Gasteiger partial charge in [0.1, 0.15) is 11.5 Å². The van der Waals surface area contributed by atoms with E-state index in [9.17, 15) is 14.4 Å². The predicted octanol–water partition coefficient (Wildman–Crippen LogP) is 3.33. The van der Waals surface area contributed by atoms with E-state index in [0.29, 0.717) is 33.7 Å². The second-order valence-corrected chi connectivity index (χ2v) is 7.29. The fraction of sp³-hybridized carbons (Fsp3) is 0.0909. The number of H-pyrrole nitrogens is 1. The molecule has 8 nitrogen and oxygen atoms in total. The lowest BCUT2D eigenvalue weighted by molar-refractivity contribution is 0.0846. The standard InChI is InChI=1S/C22H18N4O4S/c1-12-10-17(13(2)30-12)20(28)25-24-19(27)14-8-9-16-18(11-14)23-22(31)26(21(16)29)15-6-4-3-5-7-15/h3-11H,1-2H3,(H,23,31)(H,24,27)(H,25,28). The lowest BCUT2D eigenvalue weighted by Gasteiger charge is -2.10. The van der Waals surface area contributed by atoms with Crippen molar-refractivity contribution in [2.45, 2.75) is 13.8 Å². The smallest absolute Gasteiger partial charge is 0.273 e. The predicted molar refractivity (Wildman–Crippen MR) is 118 cm³/mol. The molecule has 9 heteroatoms. The van der Waals surface area contributed by atoms with E-state index in [-0.39, 0.29) is 15.9 Å². The number of hydrogen-bond acceptors (Lipinski definition) is 5. The molecular formula is C22H18N4O4S. The molecule has 2 heterocycles. The molecule has 4 aromatic rings. The molecule has 0 saturated carbocycles. The highest BCUT2D eigenvalue weighted by atomic mass is 32.1. The van der Waals surface area contributed by atoms with E-state index in [1.165, 1.54) is 16.7 Å². The number of aromatic amines is 1. The van der Waals surface area contributed by atoms with Gasteiger partial charge in [0.15, 0.2) is 4.77 Å². The normalized spacial score (nSPS) is 10.8. The number of nitrogens with zero attached hydrogens (tertiary/aromatic N) is 1. The monoisotopic (exact) mass is 434 g/mol. The van der Waals surface area contributed by atoms with Gasteiger partial charge in [-0.15, -0.1) is 0 Å². The van der Waals surface area contributed by atoms with Crippen LogP contribution >= 0.6 is 12.2 Å². The highest BCUT2D eigenvalue weighted by molar-refractivity contribution is 7.71. The first-order valence-electron chi connectivity index (χ1n) is 9.37. The maximum atomic E-state index is 12.9. The molecule has 0 radical (unpaired) electrons. The van der Waals surface area contributed by atoms with Gasteiger partial charge in [0.25, 0.3) is 17.4 Å². The van der Waals surface area contributed by atoms with Crippen LogP contribution in [0, 0.1) is 18.6 Å². The minimum Gasteiger partial charge on any atom is -0.466 e. The highest BCUT2D eigenvalue weighted by Gasteiger charge is 2.15. The van der Waals surface area contributed by atoms with Gasteiger partial charge in [-0.2, -0.15) is 0 Å². The Kier molecular flexibility index (Phi) is 5.26. The summed E-state index contributed by atoms with van der Waals surface area (Å²) in [6.45, 7) is 3.39. The van der Waals surface area contributed by atoms with Gasteiger partial charge >= 0.3 is 0 Å². The summed E-state index contributed by atoms with van der Waals surface area (Å²) in [6.07, 6.45) is 0. The Balaban J connectivity index is 1.60. The number of hydrazine groups is 1. The van der Waals surface area contributed by atoms with E-state index in [2.05, 4.69) is 15.8 Å². The van der Waals surface area contributed by atoms with E-state index in [1.807, 2.05) is 18.2 Å². The molecule has 2 aromatic heterocycles. The summed E-state index contributed by atoms with van der Waals surface area (Å²) in [5.74, 6) is 0.0189. The summed E-state index contributed by atoms with van der Waals surface area (Å²) in [5, 5.41) is 0.377. The maximum Gasteiger partial charge on any atom is 0.273 e. The van der Waals surface area contributed by atoms with E-state index < -0.39 is 11.8 Å². The number of furan rings is 1. The van der Waals surface area contributed by atoms with Crippen LogP contribution in [0.5, 0.6) is 0 Å². The van der Waals surface area contributed by atoms with Gasteiger partial charge in [-0.3, -0.25) is 29.8 Å². The first kappa shape index (κ1) is 20.3. The Labute approximate surface area is 181 Å². The summed E-state index contributed by atoms with van der Waals surface area (Å²) in [7, 11) is 0.